The number of carboxylic acids is 10. The smallest absolute Gasteiger partial charge is 0.542 e. The summed E-state index contributed by atoms with van der Waals surface area (Å²) in [6.07, 6.45) is -23.0. The maximum atomic E-state index is 11.0. The molecule has 0 aliphatic heterocycles. The maximum absolute atomic E-state index is 11.0. The van der Waals surface area contributed by atoms with E-state index in [1.54, 1.807) is 0 Å². The summed E-state index contributed by atoms with van der Waals surface area (Å²) in [7, 11) is 0. The van der Waals surface area contributed by atoms with Crippen LogP contribution in [0.15, 0.2) is 0 Å². The van der Waals surface area contributed by atoms with E-state index in [-0.39, 0.29) is 37.1 Å². The zero-order valence-electron chi connectivity index (χ0n) is 50.0. The molecule has 0 saturated heterocycles. The summed E-state index contributed by atoms with van der Waals surface area (Å²) in [5.41, 5.74) is 0. The van der Waals surface area contributed by atoms with Gasteiger partial charge in [-0.25, -0.2) is 0 Å². The molecule has 10 unspecified atom stereocenters. The zero-order valence-corrected chi connectivity index (χ0v) is 52.8. The fourth-order valence-electron chi connectivity index (χ4n) is 5.17. The first-order chi connectivity index (χ1) is 42.9. The summed E-state index contributed by atoms with van der Waals surface area (Å²) in [5.74, 6) is -52.4. The van der Waals surface area contributed by atoms with Crippen molar-refractivity contribution in [2.45, 2.75) is 130 Å². The molecule has 47 heteroatoms. The van der Waals surface area contributed by atoms with Crippen molar-refractivity contribution in [1.82, 2.24) is 0 Å². The van der Waals surface area contributed by atoms with E-state index in [1.165, 1.54) is 0 Å². The molecule has 0 aliphatic rings. The van der Waals surface area contributed by atoms with E-state index < -0.39 is 236 Å². The molecule has 0 aromatic rings. The number of aliphatic carboxylic acids is 10. The van der Waals surface area contributed by atoms with Crippen LogP contribution in [0.3, 0.4) is 0 Å². The molecule has 0 aliphatic carbocycles. The van der Waals surface area contributed by atoms with E-state index in [0.29, 0.717) is 0 Å². The molecule has 0 amide bonds. The Bertz CT molecular complexity index is 2610. The molecular weight excluding hydrogens is 1420 g/mol. The molecule has 0 aromatic carbocycles. The monoisotopic (exact) mass is 1460 g/mol. The number of ether oxygens (including phenoxy) is 5. The summed E-state index contributed by atoms with van der Waals surface area (Å²) in [6, 6.07) is 0. The van der Waals surface area contributed by atoms with Crippen molar-refractivity contribution in [3.63, 3.8) is 0 Å². The molecule has 45 nitrogen and oxygen atoms in total. The van der Waals surface area contributed by atoms with Crippen LogP contribution < -0.4 is 51.1 Å². The molecule has 0 spiro atoms. The van der Waals surface area contributed by atoms with Crippen LogP contribution in [0.2, 0.25) is 0 Å². The molecular formula is C50H40O45V2. The van der Waals surface area contributed by atoms with Gasteiger partial charge in [0.1, 0.15) is 59.7 Å². The molecule has 97 heavy (non-hydrogen) atoms. The minimum atomic E-state index is -2.30. The van der Waals surface area contributed by atoms with Gasteiger partial charge < -0.3 is 123 Å². The summed E-state index contributed by atoms with van der Waals surface area (Å²) >= 11 is 0. The largest absolute Gasteiger partial charge is 5.00 e. The first kappa shape index (κ1) is 99.6. The molecule has 0 radical (unpaired) electrons. The summed E-state index contributed by atoms with van der Waals surface area (Å²) < 4.78 is 21.9. The topological polar surface area (TPSA) is 789 Å². The summed E-state index contributed by atoms with van der Waals surface area (Å²) in [4.78, 5) is 324. The number of carbonyl (C=O) groups excluding carboxylic acids is 30. The van der Waals surface area contributed by atoms with Crippen LogP contribution in [0.5, 0.6) is 0 Å². The third-order valence-corrected chi connectivity index (χ3v) is 9.45. The van der Waals surface area contributed by atoms with Crippen LogP contribution in [0.4, 0.5) is 0 Å². The van der Waals surface area contributed by atoms with Gasteiger partial charge in [0.2, 0.25) is 57.8 Å². The number of Topliss-reactive ketones (excluding diaryl/α,β-unsaturated/α-hetero) is 20. The van der Waals surface area contributed by atoms with E-state index in [0.717, 1.165) is 69.2 Å². The molecule has 0 saturated carbocycles. The predicted octanol–water partition coefficient (Wildman–Crippen LogP) is -22.2. The van der Waals surface area contributed by atoms with E-state index in [4.69, 9.17) is 0 Å². The van der Waals surface area contributed by atoms with Crippen molar-refractivity contribution in [2.75, 3.05) is 0 Å². The van der Waals surface area contributed by atoms with Crippen molar-refractivity contribution in [3.05, 3.63) is 0 Å². The van der Waals surface area contributed by atoms with Crippen molar-refractivity contribution < 1.29 is 256 Å². The molecule has 0 heterocycles. The second kappa shape index (κ2) is 46.2. The Labute approximate surface area is 559 Å². The Morgan fingerprint density at radius 3 is 0.237 bits per heavy atom. The normalized spacial score (nSPS) is 12.9. The summed E-state index contributed by atoms with van der Waals surface area (Å²) in [6.45, 7) is 7.56. The van der Waals surface area contributed by atoms with Crippen molar-refractivity contribution in [3.8, 4) is 0 Å². The van der Waals surface area contributed by atoms with Crippen LogP contribution in [0.1, 0.15) is 69.2 Å². The van der Waals surface area contributed by atoms with E-state index in [2.05, 4.69) is 23.7 Å². The van der Waals surface area contributed by atoms with Gasteiger partial charge in [-0.2, -0.15) is 0 Å². The second-order valence-electron chi connectivity index (χ2n) is 17.1. The van der Waals surface area contributed by atoms with Gasteiger partial charge in [-0.1, -0.05) is 0 Å². The average molecular weight is 1460 g/mol. The van der Waals surface area contributed by atoms with Gasteiger partial charge in [0.25, 0.3) is 0 Å². The molecule has 520 valence electrons. The Kier molecular flexibility index (Phi) is 47.5. The number of carbonyl (C=O) groups is 30. The van der Waals surface area contributed by atoms with Gasteiger partial charge in [0, 0.05) is 0 Å². The molecule has 0 rings (SSSR count). The molecule has 0 aromatic heterocycles. The Hall–Kier alpha value is -10.9. The van der Waals surface area contributed by atoms with Gasteiger partial charge in [-0.05, 0) is 69.2 Å². The van der Waals surface area contributed by atoms with Crippen LogP contribution in [0.25, 0.3) is 0 Å². The van der Waals surface area contributed by atoms with Crippen molar-refractivity contribution >= 4 is 175 Å². The van der Waals surface area contributed by atoms with Crippen LogP contribution in [-0.2, 0) is 205 Å². The molecule has 0 N–H and O–H groups in total. The SMILES string of the molecule is CC(=O)C(OC(C(C)=O)C(=O)C(=O)[O-])C(=O)C(=O)[O-].CC(=O)C(OC(C(C)=O)C(=O)C(=O)[O-])C(=O)C(=O)[O-].CC(=O)C(OC(C(C)=O)C(=O)C(=O)[O-])C(=O)C(=O)[O-].CC(=O)C(OC(C(C)=O)C(=O)C(=O)[O-])C(=O)C(=O)[O-].CC(=O)C(OC(C(C)=O)C(=O)C(=O)[O-])C(=O)C(=O)[O-].[V+5].[V+5]. The quantitative estimate of drug-likeness (QED) is 0.0406. The predicted molar refractivity (Wildman–Crippen MR) is 250 cm³/mol. The van der Waals surface area contributed by atoms with Gasteiger partial charge in [0.15, 0.2) is 119 Å². The van der Waals surface area contributed by atoms with E-state index in [1.807, 2.05) is 0 Å². The number of hydrogen-bond acceptors (Lipinski definition) is 45. The minimum absolute atomic E-state index is 0. The van der Waals surface area contributed by atoms with E-state index in [9.17, 15) is 195 Å². The van der Waals surface area contributed by atoms with Crippen LogP contribution in [0, 0.1) is 0 Å². The fraction of sp³-hybridized carbons (Fsp3) is 0.400. The Balaban J connectivity index is -0.000000208. The summed E-state index contributed by atoms with van der Waals surface area (Å²) in [5, 5.41) is 103. The molecule has 0 fully saturated rings. The standard InChI is InChI=1S/5C10H10O9.2V/c5*1-3(11)7(5(13)9(15)16)19-8(4(2)12)6(14)10(17)18;;/h5*7-8H,1-2H3,(H,15,16)(H,17,18);;/q;;;;;2*+5/p-10. The zero-order chi connectivity index (χ0) is 76.6. The van der Waals surface area contributed by atoms with Crippen LogP contribution >= 0.6 is 0 Å². The van der Waals surface area contributed by atoms with Crippen molar-refractivity contribution in [2.24, 2.45) is 0 Å². The fourth-order valence-corrected chi connectivity index (χ4v) is 5.17. The van der Waals surface area contributed by atoms with Crippen LogP contribution in [-0.4, -0.2) is 236 Å². The third kappa shape index (κ3) is 35.2. The van der Waals surface area contributed by atoms with Gasteiger partial charge in [-0.15, -0.1) is 0 Å². The average Bonchev–Trinajstić information content (AvgIpc) is 3.44. The first-order valence-electron chi connectivity index (χ1n) is 23.8. The first-order valence-corrected chi connectivity index (χ1v) is 23.8. The molecule has 10 atom stereocenters. The van der Waals surface area contributed by atoms with Gasteiger partial charge >= 0.3 is 37.1 Å². The minimum Gasteiger partial charge on any atom is -0.542 e. The van der Waals surface area contributed by atoms with E-state index >= 15 is 0 Å². The number of carboxylic acid groups (broad SMARTS) is 10. The Morgan fingerprint density at radius 1 is 0.155 bits per heavy atom. The number of rotatable bonds is 40. The maximum Gasteiger partial charge on any atom is 5.00 e. The van der Waals surface area contributed by atoms with Gasteiger partial charge in [-0.3, -0.25) is 95.9 Å². The second-order valence-corrected chi connectivity index (χ2v) is 17.1. The van der Waals surface area contributed by atoms with Gasteiger partial charge in [0.05, 0.1) is 0 Å². The van der Waals surface area contributed by atoms with Crippen molar-refractivity contribution in [1.29, 1.82) is 0 Å². The number of ketones is 20. The Morgan fingerprint density at radius 2 is 0.206 bits per heavy atom. The number of hydrogen-bond donors (Lipinski definition) is 0. The molecule has 0 bridgehead atoms. The third-order valence-electron chi connectivity index (χ3n) is 9.45.